The monoisotopic (exact) mass is 431 g/mol. The van der Waals surface area contributed by atoms with Crippen LogP contribution in [-0.4, -0.2) is 41.4 Å². The van der Waals surface area contributed by atoms with Crippen LogP contribution in [0.25, 0.3) is 0 Å². The molecular formula is C26H29N3O3. The average Bonchev–Trinajstić information content (AvgIpc) is 3.22. The molecule has 0 spiro atoms. The fraction of sp³-hybridized carbons (Fsp3) is 0.231. The zero-order valence-electron chi connectivity index (χ0n) is 18.4. The first-order valence-corrected chi connectivity index (χ1v) is 10.6. The summed E-state index contributed by atoms with van der Waals surface area (Å²) in [4.78, 5) is 29.2. The Labute approximate surface area is 189 Å². The van der Waals surface area contributed by atoms with E-state index in [1.54, 1.807) is 23.1 Å². The molecule has 6 nitrogen and oxygen atoms in total. The number of furan rings is 1. The number of benzene rings is 2. The standard InChI is InChI=1S/C26H29N3O3/c1-3-17-29(26(31)27-23-12-8-5-9-13-23)20-25(30)28(19-24-15-14-21(2)32-24)18-16-22-10-6-4-7-11-22/h3-15H,1,16-20H2,2H3,(H,27,31). The van der Waals surface area contributed by atoms with E-state index in [1.165, 1.54) is 4.90 Å². The van der Waals surface area contributed by atoms with Crippen LogP contribution in [0, 0.1) is 6.92 Å². The summed E-state index contributed by atoms with van der Waals surface area (Å²) in [5, 5.41) is 2.83. The van der Waals surface area contributed by atoms with Crippen LogP contribution >= 0.6 is 0 Å². The smallest absolute Gasteiger partial charge is 0.322 e. The van der Waals surface area contributed by atoms with E-state index in [4.69, 9.17) is 4.42 Å². The van der Waals surface area contributed by atoms with E-state index in [0.717, 1.165) is 11.3 Å². The molecule has 0 saturated carbocycles. The van der Waals surface area contributed by atoms with Gasteiger partial charge in [0.2, 0.25) is 5.91 Å². The SMILES string of the molecule is C=CCN(CC(=O)N(CCc1ccccc1)Cc1ccc(C)o1)C(=O)Nc1ccccc1. The van der Waals surface area contributed by atoms with Gasteiger partial charge in [-0.2, -0.15) is 0 Å². The van der Waals surface area contributed by atoms with Gasteiger partial charge in [0, 0.05) is 18.8 Å². The van der Waals surface area contributed by atoms with Gasteiger partial charge in [0.1, 0.15) is 18.1 Å². The second-order valence-electron chi connectivity index (χ2n) is 7.53. The van der Waals surface area contributed by atoms with Crippen molar-refractivity contribution in [2.75, 3.05) is 25.0 Å². The Morgan fingerprint density at radius 3 is 2.28 bits per heavy atom. The first-order chi connectivity index (χ1) is 15.5. The lowest BCUT2D eigenvalue weighted by Gasteiger charge is -2.27. The average molecular weight is 432 g/mol. The molecule has 0 atom stereocenters. The molecule has 3 rings (SSSR count). The predicted molar refractivity (Wildman–Crippen MR) is 126 cm³/mol. The molecule has 166 valence electrons. The third-order valence-electron chi connectivity index (χ3n) is 5.00. The molecule has 0 radical (unpaired) electrons. The van der Waals surface area contributed by atoms with Gasteiger partial charge in [-0.1, -0.05) is 54.6 Å². The van der Waals surface area contributed by atoms with Gasteiger partial charge in [-0.25, -0.2) is 4.79 Å². The summed E-state index contributed by atoms with van der Waals surface area (Å²) in [5.41, 5.74) is 1.82. The Hall–Kier alpha value is -3.80. The molecule has 3 aromatic rings. The number of carbonyl (C=O) groups excluding carboxylic acids is 2. The highest BCUT2D eigenvalue weighted by atomic mass is 16.3. The van der Waals surface area contributed by atoms with E-state index in [1.807, 2.05) is 67.6 Å². The Balaban J connectivity index is 1.70. The Morgan fingerprint density at radius 2 is 1.66 bits per heavy atom. The second-order valence-corrected chi connectivity index (χ2v) is 7.53. The summed E-state index contributed by atoms with van der Waals surface area (Å²) < 4.78 is 5.69. The highest BCUT2D eigenvalue weighted by molar-refractivity contribution is 5.92. The van der Waals surface area contributed by atoms with Crippen molar-refractivity contribution < 1.29 is 14.0 Å². The van der Waals surface area contributed by atoms with Crippen molar-refractivity contribution in [2.24, 2.45) is 0 Å². The van der Waals surface area contributed by atoms with Crippen LogP contribution in [0.5, 0.6) is 0 Å². The van der Waals surface area contributed by atoms with E-state index in [2.05, 4.69) is 11.9 Å². The quantitative estimate of drug-likeness (QED) is 0.465. The lowest BCUT2D eigenvalue weighted by atomic mass is 10.1. The number of urea groups is 1. The number of anilines is 1. The maximum Gasteiger partial charge on any atom is 0.322 e. The minimum atomic E-state index is -0.346. The lowest BCUT2D eigenvalue weighted by Crippen LogP contribution is -2.44. The van der Waals surface area contributed by atoms with Crippen molar-refractivity contribution in [3.8, 4) is 0 Å². The number of hydrogen-bond donors (Lipinski definition) is 1. The lowest BCUT2D eigenvalue weighted by molar-refractivity contribution is -0.132. The van der Waals surface area contributed by atoms with E-state index < -0.39 is 0 Å². The fourth-order valence-electron chi connectivity index (χ4n) is 3.32. The summed E-state index contributed by atoms with van der Waals surface area (Å²) in [7, 11) is 0. The van der Waals surface area contributed by atoms with E-state index in [-0.39, 0.29) is 25.0 Å². The second kappa shape index (κ2) is 11.6. The summed E-state index contributed by atoms with van der Waals surface area (Å²) in [6, 6.07) is 22.6. The first kappa shape index (κ1) is 22.9. The molecule has 2 aromatic carbocycles. The Morgan fingerprint density at radius 1 is 0.969 bits per heavy atom. The van der Waals surface area contributed by atoms with Crippen molar-refractivity contribution in [3.63, 3.8) is 0 Å². The van der Waals surface area contributed by atoms with Gasteiger partial charge in [-0.05, 0) is 43.2 Å². The number of aryl methyl sites for hydroxylation is 1. The maximum atomic E-state index is 13.2. The summed E-state index contributed by atoms with van der Waals surface area (Å²) in [6.07, 6.45) is 2.33. The molecule has 0 aliphatic heterocycles. The number of nitrogens with zero attached hydrogens (tertiary/aromatic N) is 2. The van der Waals surface area contributed by atoms with Gasteiger partial charge in [0.15, 0.2) is 0 Å². The maximum absolute atomic E-state index is 13.2. The number of hydrogen-bond acceptors (Lipinski definition) is 3. The summed E-state index contributed by atoms with van der Waals surface area (Å²) in [6.45, 7) is 6.67. The molecule has 6 heteroatoms. The van der Waals surface area contributed by atoms with Crippen LogP contribution in [0.2, 0.25) is 0 Å². The number of amides is 3. The number of para-hydroxylation sites is 1. The van der Waals surface area contributed by atoms with Gasteiger partial charge in [0.05, 0.1) is 6.54 Å². The molecule has 0 aliphatic rings. The fourth-order valence-corrected chi connectivity index (χ4v) is 3.32. The van der Waals surface area contributed by atoms with Crippen LogP contribution in [0.15, 0.2) is 89.9 Å². The molecule has 3 amide bonds. The minimum Gasteiger partial charge on any atom is -0.464 e. The van der Waals surface area contributed by atoms with Gasteiger partial charge >= 0.3 is 6.03 Å². The van der Waals surface area contributed by atoms with Gasteiger partial charge in [-0.15, -0.1) is 6.58 Å². The Kier molecular flexibility index (Phi) is 8.26. The normalized spacial score (nSPS) is 10.4. The van der Waals surface area contributed by atoms with Crippen LogP contribution in [0.4, 0.5) is 10.5 Å². The molecule has 0 saturated heterocycles. The van der Waals surface area contributed by atoms with Gasteiger partial charge in [-0.3, -0.25) is 4.79 Å². The van der Waals surface area contributed by atoms with Crippen LogP contribution in [-0.2, 0) is 17.8 Å². The molecule has 1 aromatic heterocycles. The van der Waals surface area contributed by atoms with Gasteiger partial charge in [0.25, 0.3) is 0 Å². The zero-order valence-corrected chi connectivity index (χ0v) is 18.4. The molecule has 32 heavy (non-hydrogen) atoms. The van der Waals surface area contributed by atoms with Crippen LogP contribution in [0.1, 0.15) is 17.1 Å². The first-order valence-electron chi connectivity index (χ1n) is 10.6. The van der Waals surface area contributed by atoms with E-state index >= 15 is 0 Å². The number of nitrogens with one attached hydrogen (secondary N) is 1. The molecular weight excluding hydrogens is 402 g/mol. The number of rotatable bonds is 10. The number of carbonyl (C=O) groups is 2. The van der Waals surface area contributed by atoms with Crippen LogP contribution in [0.3, 0.4) is 0 Å². The van der Waals surface area contributed by atoms with E-state index in [0.29, 0.717) is 31.0 Å². The third-order valence-corrected chi connectivity index (χ3v) is 5.00. The van der Waals surface area contributed by atoms with Crippen molar-refractivity contribution in [2.45, 2.75) is 19.9 Å². The van der Waals surface area contributed by atoms with E-state index in [9.17, 15) is 9.59 Å². The minimum absolute atomic E-state index is 0.0564. The van der Waals surface area contributed by atoms with Gasteiger partial charge < -0.3 is 19.5 Å². The highest BCUT2D eigenvalue weighted by Gasteiger charge is 2.22. The van der Waals surface area contributed by atoms with Crippen LogP contribution < -0.4 is 5.32 Å². The molecule has 0 unspecified atom stereocenters. The molecule has 0 aliphatic carbocycles. The summed E-state index contributed by atoms with van der Waals surface area (Å²) >= 11 is 0. The van der Waals surface area contributed by atoms with Crippen molar-refractivity contribution in [1.29, 1.82) is 0 Å². The van der Waals surface area contributed by atoms with Crippen molar-refractivity contribution in [1.82, 2.24) is 9.80 Å². The summed E-state index contributed by atoms with van der Waals surface area (Å²) in [5.74, 6) is 1.36. The Bertz CT molecular complexity index is 1020. The topological polar surface area (TPSA) is 65.8 Å². The van der Waals surface area contributed by atoms with Crippen molar-refractivity contribution >= 4 is 17.6 Å². The molecule has 0 bridgehead atoms. The highest BCUT2D eigenvalue weighted by Crippen LogP contribution is 2.13. The third kappa shape index (κ3) is 6.87. The molecule has 1 heterocycles. The molecule has 0 fully saturated rings. The molecule has 1 N–H and O–H groups in total. The largest absolute Gasteiger partial charge is 0.464 e. The predicted octanol–water partition coefficient (Wildman–Crippen LogP) is 4.88. The van der Waals surface area contributed by atoms with Crippen molar-refractivity contribution in [3.05, 3.63) is 103 Å². The zero-order chi connectivity index (χ0) is 22.8.